The first-order valence-corrected chi connectivity index (χ1v) is 10.7. The van der Waals surface area contributed by atoms with Crippen LogP contribution in [0.2, 0.25) is 0 Å². The molecule has 0 fully saturated rings. The van der Waals surface area contributed by atoms with E-state index >= 15 is 0 Å². The lowest BCUT2D eigenvalue weighted by Gasteiger charge is -2.11. The Labute approximate surface area is 178 Å². The summed E-state index contributed by atoms with van der Waals surface area (Å²) in [5.41, 5.74) is 8.95. The predicted molar refractivity (Wildman–Crippen MR) is 114 cm³/mol. The van der Waals surface area contributed by atoms with E-state index in [0.717, 1.165) is 26.0 Å². The van der Waals surface area contributed by atoms with Crippen LogP contribution in [-0.2, 0) is 17.8 Å². The minimum atomic E-state index is -0.911. The number of hydrogen-bond acceptors (Lipinski definition) is 6. The van der Waals surface area contributed by atoms with E-state index in [1.807, 2.05) is 10.6 Å². The molecule has 1 amide bonds. The first-order chi connectivity index (χ1) is 13.4. The van der Waals surface area contributed by atoms with Crippen LogP contribution < -0.4 is 11.1 Å². The molecule has 2 aromatic heterocycles. The number of nitrogens with one attached hydrogen (secondary N) is 1. The summed E-state index contributed by atoms with van der Waals surface area (Å²) in [5.74, 6) is 0.201. The molecule has 0 radical (unpaired) electrons. The largest absolute Gasteiger partial charge is 0.382 e. The topological polar surface area (TPSA) is 98.7 Å². The molecule has 7 nitrogen and oxygen atoms in total. The van der Waals surface area contributed by atoms with Crippen molar-refractivity contribution in [3.05, 3.63) is 33.2 Å². The van der Waals surface area contributed by atoms with Gasteiger partial charge in [-0.05, 0) is 58.7 Å². The van der Waals surface area contributed by atoms with Gasteiger partial charge in [-0.1, -0.05) is 11.8 Å². The number of nitrogen functional groups attached to an aromatic ring is 1. The number of fused-ring (bicyclic) bond motifs is 2. The van der Waals surface area contributed by atoms with Crippen molar-refractivity contribution >= 4 is 57.2 Å². The maximum absolute atomic E-state index is 14.2. The zero-order valence-electron chi connectivity index (χ0n) is 15.1. The van der Waals surface area contributed by atoms with Gasteiger partial charge in [-0.2, -0.15) is 0 Å². The van der Waals surface area contributed by atoms with Crippen molar-refractivity contribution in [2.24, 2.45) is 0 Å². The number of benzene rings is 1. The van der Waals surface area contributed by atoms with Gasteiger partial charge in [-0.25, -0.2) is 19.3 Å². The number of alkyl halides is 1. The first kappa shape index (κ1) is 19.4. The van der Waals surface area contributed by atoms with E-state index in [-0.39, 0.29) is 5.91 Å². The summed E-state index contributed by atoms with van der Waals surface area (Å²) in [6, 6.07) is 3.97. The highest BCUT2D eigenvalue weighted by Crippen LogP contribution is 2.41. The molecule has 28 heavy (non-hydrogen) atoms. The van der Waals surface area contributed by atoms with Gasteiger partial charge < -0.3 is 15.6 Å². The number of rotatable bonds is 5. The molecule has 0 bridgehead atoms. The molecule has 1 aliphatic carbocycles. The van der Waals surface area contributed by atoms with Crippen LogP contribution in [0.5, 0.6) is 0 Å². The quantitative estimate of drug-likeness (QED) is 0.510. The van der Waals surface area contributed by atoms with Crippen molar-refractivity contribution in [3.8, 4) is 0 Å². The zero-order chi connectivity index (χ0) is 19.8. The van der Waals surface area contributed by atoms with Crippen LogP contribution in [0.25, 0.3) is 11.2 Å². The van der Waals surface area contributed by atoms with Crippen molar-refractivity contribution in [2.75, 3.05) is 12.3 Å². The molecule has 0 aliphatic heterocycles. The Hall–Kier alpha value is -1.95. The maximum Gasteiger partial charge on any atom is 0.216 e. The molecule has 1 aliphatic rings. The number of nitrogens with two attached hydrogens (primary N) is 1. The van der Waals surface area contributed by atoms with Crippen LogP contribution in [0, 0.1) is 3.57 Å². The number of hydrogen-bond donors (Lipinski definition) is 2. The highest BCUT2D eigenvalue weighted by molar-refractivity contribution is 14.1. The van der Waals surface area contributed by atoms with Gasteiger partial charge in [0.2, 0.25) is 5.91 Å². The Kier molecular flexibility index (Phi) is 5.41. The molecule has 0 saturated carbocycles. The fourth-order valence-corrected chi connectivity index (χ4v) is 5.12. The van der Waals surface area contributed by atoms with Gasteiger partial charge in [0.1, 0.15) is 12.5 Å². The summed E-state index contributed by atoms with van der Waals surface area (Å²) in [5, 5.41) is 3.46. The highest BCUT2D eigenvalue weighted by atomic mass is 127. The molecular formula is C18H18FIN6OS. The number of carbonyl (C=O) groups is 1. The summed E-state index contributed by atoms with van der Waals surface area (Å²) in [6.07, 6.45) is 1.81. The Morgan fingerprint density at radius 1 is 1.46 bits per heavy atom. The average Bonchev–Trinajstić information content (AvgIpc) is 3.17. The minimum Gasteiger partial charge on any atom is -0.382 e. The number of carbonyl (C=O) groups excluding carboxylic acids is 1. The van der Waals surface area contributed by atoms with Crippen molar-refractivity contribution in [1.82, 2.24) is 24.8 Å². The molecule has 1 unspecified atom stereocenters. The second kappa shape index (κ2) is 7.82. The lowest BCUT2D eigenvalue weighted by molar-refractivity contribution is -0.118. The smallest absolute Gasteiger partial charge is 0.216 e. The molecule has 4 rings (SSSR count). The van der Waals surface area contributed by atoms with Crippen LogP contribution in [0.4, 0.5) is 10.2 Å². The van der Waals surface area contributed by atoms with Crippen LogP contribution in [0.3, 0.4) is 0 Å². The average molecular weight is 512 g/mol. The van der Waals surface area contributed by atoms with Gasteiger partial charge in [0.25, 0.3) is 0 Å². The van der Waals surface area contributed by atoms with Crippen LogP contribution in [-0.4, -0.2) is 32.0 Å². The molecule has 3 N–H and O–H groups in total. The molecule has 1 atom stereocenters. The molecular weight excluding hydrogens is 494 g/mol. The number of anilines is 1. The number of aromatic nitrogens is 4. The fraction of sp³-hybridized carbons (Fsp3) is 0.333. The monoisotopic (exact) mass is 512 g/mol. The lowest BCUT2D eigenvalue weighted by Crippen LogP contribution is -2.24. The summed E-state index contributed by atoms with van der Waals surface area (Å²) in [6.45, 7) is 2.40. The summed E-state index contributed by atoms with van der Waals surface area (Å²) in [7, 11) is 0. The van der Waals surface area contributed by atoms with Gasteiger partial charge in [-0.15, -0.1) is 0 Å². The SMILES string of the molecule is CC(=O)NCCn1c(Sc2cc3c(cc2I)CCC3F)nc2c(N)ncnc21. The third-order valence-electron chi connectivity index (χ3n) is 4.63. The Balaban J connectivity index is 1.73. The van der Waals surface area contributed by atoms with Crippen LogP contribution >= 0.6 is 34.4 Å². The standard InChI is InChI=1S/C18H18FIN6OS/c1-9(27)22-4-5-26-17-15(16(21)23-8-24-17)25-18(26)28-14-7-11-10(6-13(14)20)2-3-12(11)19/h6-8,12H,2-5H2,1H3,(H,22,27)(H2,21,23,24). The fourth-order valence-electron chi connectivity index (χ4n) is 3.29. The summed E-state index contributed by atoms with van der Waals surface area (Å²) >= 11 is 3.72. The van der Waals surface area contributed by atoms with E-state index in [1.165, 1.54) is 25.0 Å². The van der Waals surface area contributed by atoms with E-state index in [9.17, 15) is 9.18 Å². The van der Waals surface area contributed by atoms with Crippen molar-refractivity contribution in [2.45, 2.75) is 42.5 Å². The maximum atomic E-state index is 14.2. The van der Waals surface area contributed by atoms with Crippen molar-refractivity contribution in [3.63, 3.8) is 0 Å². The van der Waals surface area contributed by atoms with Crippen molar-refractivity contribution in [1.29, 1.82) is 0 Å². The van der Waals surface area contributed by atoms with E-state index < -0.39 is 6.17 Å². The molecule has 10 heteroatoms. The number of imidazole rings is 1. The van der Waals surface area contributed by atoms with Crippen LogP contribution in [0.1, 0.15) is 30.6 Å². The molecule has 2 heterocycles. The molecule has 146 valence electrons. The van der Waals surface area contributed by atoms with Gasteiger partial charge in [0.05, 0.1) is 0 Å². The second-order valence-electron chi connectivity index (χ2n) is 6.55. The van der Waals surface area contributed by atoms with Gasteiger partial charge >= 0.3 is 0 Å². The third-order valence-corrected chi connectivity index (χ3v) is 6.94. The van der Waals surface area contributed by atoms with E-state index in [2.05, 4.69) is 48.9 Å². The van der Waals surface area contributed by atoms with Gasteiger partial charge in [0.15, 0.2) is 22.1 Å². The third kappa shape index (κ3) is 3.66. The number of nitrogens with zero attached hydrogens (tertiary/aromatic N) is 4. The molecule has 3 aromatic rings. The number of halogens is 2. The van der Waals surface area contributed by atoms with E-state index in [0.29, 0.717) is 41.6 Å². The molecule has 0 saturated heterocycles. The summed E-state index contributed by atoms with van der Waals surface area (Å²) < 4.78 is 17.2. The number of amides is 1. The Morgan fingerprint density at radius 2 is 2.29 bits per heavy atom. The highest BCUT2D eigenvalue weighted by Gasteiger charge is 2.24. The number of aryl methyl sites for hydroxylation is 1. The molecule has 1 aromatic carbocycles. The normalized spacial score (nSPS) is 15.8. The van der Waals surface area contributed by atoms with Gasteiger partial charge in [-0.3, -0.25) is 4.79 Å². The summed E-state index contributed by atoms with van der Waals surface area (Å²) in [4.78, 5) is 25.1. The van der Waals surface area contributed by atoms with Crippen LogP contribution in [0.15, 0.2) is 28.5 Å². The Bertz CT molecular complexity index is 1070. The predicted octanol–water partition coefficient (Wildman–Crippen LogP) is 3.26. The Morgan fingerprint density at radius 3 is 3.07 bits per heavy atom. The zero-order valence-corrected chi connectivity index (χ0v) is 18.1. The lowest BCUT2D eigenvalue weighted by atomic mass is 10.1. The second-order valence-corrected chi connectivity index (χ2v) is 8.72. The molecule has 0 spiro atoms. The van der Waals surface area contributed by atoms with Crippen molar-refractivity contribution < 1.29 is 9.18 Å². The van der Waals surface area contributed by atoms with E-state index in [4.69, 9.17) is 5.73 Å². The van der Waals surface area contributed by atoms with Gasteiger partial charge in [0, 0.05) is 28.5 Å². The van der Waals surface area contributed by atoms with E-state index in [1.54, 1.807) is 0 Å². The first-order valence-electron chi connectivity index (χ1n) is 8.79. The minimum absolute atomic E-state index is 0.102.